The van der Waals surface area contributed by atoms with E-state index >= 15 is 0 Å². The van der Waals surface area contributed by atoms with Gasteiger partial charge in [-0.2, -0.15) is 0 Å². The van der Waals surface area contributed by atoms with Crippen molar-refractivity contribution in [1.29, 1.82) is 0 Å². The van der Waals surface area contributed by atoms with E-state index in [4.69, 9.17) is 24.1 Å². The van der Waals surface area contributed by atoms with Gasteiger partial charge in [-0.15, -0.1) is 0 Å². The van der Waals surface area contributed by atoms with Gasteiger partial charge in [0, 0.05) is 13.1 Å². The lowest BCUT2D eigenvalue weighted by molar-refractivity contribution is -0.0281. The van der Waals surface area contributed by atoms with Gasteiger partial charge in [-0.3, -0.25) is 4.90 Å². The van der Waals surface area contributed by atoms with E-state index in [1.165, 1.54) is 11.1 Å². The summed E-state index contributed by atoms with van der Waals surface area (Å²) in [6, 6.07) is 20.8. The van der Waals surface area contributed by atoms with Gasteiger partial charge in [-0.25, -0.2) is 0 Å². The number of benzene rings is 2. The molecule has 0 radical (unpaired) electrons. The second-order valence-corrected chi connectivity index (χ2v) is 6.56. The molecule has 0 heterocycles. The van der Waals surface area contributed by atoms with Gasteiger partial charge in [0.05, 0.1) is 59.6 Å². The van der Waals surface area contributed by atoms with Gasteiger partial charge >= 0.3 is 0 Å². The first-order valence-electron chi connectivity index (χ1n) is 10.1. The molecule has 0 aliphatic rings. The molecular formula is C23H33NO5. The molecule has 29 heavy (non-hydrogen) atoms. The molecule has 0 unspecified atom stereocenters. The lowest BCUT2D eigenvalue weighted by atomic mass is 10.2. The normalized spacial score (nSPS) is 11.2. The molecule has 0 saturated carbocycles. The number of aliphatic hydroxyl groups excluding tert-OH is 1. The highest BCUT2D eigenvalue weighted by Gasteiger charge is 2.07. The standard InChI is InChI=1S/C23H33NO5/c25-11-12-26-13-14-27-15-16-28-17-18-29-21-24(19-22-7-3-1-4-8-22)20-23-9-5-2-6-10-23/h1-10,25H,11-21H2. The molecule has 6 heteroatoms. The van der Waals surface area contributed by atoms with Crippen molar-refractivity contribution in [2.45, 2.75) is 13.1 Å². The van der Waals surface area contributed by atoms with Crippen LogP contribution in [0.2, 0.25) is 0 Å². The third-order valence-electron chi connectivity index (χ3n) is 4.12. The molecular weight excluding hydrogens is 370 g/mol. The minimum absolute atomic E-state index is 0.0389. The Kier molecular flexibility index (Phi) is 13.0. The van der Waals surface area contributed by atoms with Gasteiger partial charge < -0.3 is 24.1 Å². The van der Waals surface area contributed by atoms with Gasteiger partial charge in [-0.1, -0.05) is 60.7 Å². The third-order valence-corrected chi connectivity index (χ3v) is 4.12. The van der Waals surface area contributed by atoms with E-state index in [0.29, 0.717) is 53.0 Å². The first-order valence-corrected chi connectivity index (χ1v) is 10.1. The van der Waals surface area contributed by atoms with Crippen LogP contribution in [0.4, 0.5) is 0 Å². The van der Waals surface area contributed by atoms with E-state index in [1.807, 2.05) is 12.1 Å². The number of aliphatic hydroxyl groups is 1. The van der Waals surface area contributed by atoms with E-state index in [1.54, 1.807) is 0 Å². The summed E-state index contributed by atoms with van der Waals surface area (Å²) in [5.41, 5.74) is 2.53. The fourth-order valence-electron chi connectivity index (χ4n) is 2.75. The van der Waals surface area contributed by atoms with Crippen LogP contribution < -0.4 is 0 Å². The van der Waals surface area contributed by atoms with Crippen LogP contribution >= 0.6 is 0 Å². The quantitative estimate of drug-likeness (QED) is 0.324. The highest BCUT2D eigenvalue weighted by molar-refractivity contribution is 5.16. The SMILES string of the molecule is OCCOCCOCCOCCOCN(Cc1ccccc1)Cc1ccccc1. The predicted molar refractivity (Wildman–Crippen MR) is 112 cm³/mol. The van der Waals surface area contributed by atoms with E-state index < -0.39 is 0 Å². The molecule has 6 nitrogen and oxygen atoms in total. The zero-order valence-electron chi connectivity index (χ0n) is 17.1. The number of hydrogen-bond acceptors (Lipinski definition) is 6. The lowest BCUT2D eigenvalue weighted by Gasteiger charge is -2.22. The van der Waals surface area contributed by atoms with Gasteiger partial charge in [0.15, 0.2) is 0 Å². The summed E-state index contributed by atoms with van der Waals surface area (Å²) in [5, 5.41) is 8.59. The van der Waals surface area contributed by atoms with Crippen molar-refractivity contribution in [2.24, 2.45) is 0 Å². The Morgan fingerprint density at radius 3 is 1.41 bits per heavy atom. The molecule has 160 valence electrons. The van der Waals surface area contributed by atoms with Crippen molar-refractivity contribution < 1.29 is 24.1 Å². The average molecular weight is 404 g/mol. The molecule has 0 atom stereocenters. The molecule has 0 saturated heterocycles. The van der Waals surface area contributed by atoms with Crippen LogP contribution in [0.3, 0.4) is 0 Å². The fourth-order valence-corrected chi connectivity index (χ4v) is 2.75. The predicted octanol–water partition coefficient (Wildman–Crippen LogP) is 2.71. The third kappa shape index (κ3) is 11.7. The Morgan fingerprint density at radius 2 is 0.966 bits per heavy atom. The molecule has 0 aromatic heterocycles. The van der Waals surface area contributed by atoms with Crippen molar-refractivity contribution in [3.8, 4) is 0 Å². The minimum Gasteiger partial charge on any atom is -0.394 e. The maximum absolute atomic E-state index is 8.59. The van der Waals surface area contributed by atoms with Crippen molar-refractivity contribution in [1.82, 2.24) is 4.90 Å². The van der Waals surface area contributed by atoms with E-state index in [9.17, 15) is 0 Å². The van der Waals surface area contributed by atoms with Crippen LogP contribution in [0.1, 0.15) is 11.1 Å². The fraction of sp³-hybridized carbons (Fsp3) is 0.478. The number of hydrogen-bond donors (Lipinski definition) is 1. The zero-order chi connectivity index (χ0) is 20.4. The molecule has 1 N–H and O–H groups in total. The van der Waals surface area contributed by atoms with E-state index in [2.05, 4.69) is 53.4 Å². The Labute approximate surface area is 174 Å². The molecule has 2 aromatic carbocycles. The van der Waals surface area contributed by atoms with Gasteiger partial charge in [-0.05, 0) is 11.1 Å². The summed E-state index contributed by atoms with van der Waals surface area (Å²) in [6.45, 7) is 5.74. The van der Waals surface area contributed by atoms with Gasteiger partial charge in [0.25, 0.3) is 0 Å². The molecule has 0 spiro atoms. The smallest absolute Gasteiger partial charge is 0.0997 e. The summed E-state index contributed by atoms with van der Waals surface area (Å²) in [4.78, 5) is 2.28. The Balaban J connectivity index is 1.58. The number of ether oxygens (including phenoxy) is 4. The van der Waals surface area contributed by atoms with Crippen LogP contribution in [0.25, 0.3) is 0 Å². The van der Waals surface area contributed by atoms with Gasteiger partial charge in [0.1, 0.15) is 0 Å². The topological polar surface area (TPSA) is 60.4 Å². The Hall–Kier alpha value is -1.80. The van der Waals surface area contributed by atoms with Crippen molar-refractivity contribution in [3.05, 3.63) is 71.8 Å². The summed E-state index contributed by atoms with van der Waals surface area (Å²) < 4.78 is 21.8. The van der Waals surface area contributed by atoms with Crippen LogP contribution in [-0.2, 0) is 32.0 Å². The van der Waals surface area contributed by atoms with Crippen molar-refractivity contribution in [2.75, 3.05) is 59.6 Å². The monoisotopic (exact) mass is 403 g/mol. The summed E-state index contributed by atoms with van der Waals surface area (Å²) in [5.74, 6) is 0. The summed E-state index contributed by atoms with van der Waals surface area (Å²) in [6.07, 6.45) is 0. The maximum atomic E-state index is 8.59. The lowest BCUT2D eigenvalue weighted by Crippen LogP contribution is -2.26. The van der Waals surface area contributed by atoms with Crippen LogP contribution in [0.5, 0.6) is 0 Å². The number of nitrogens with zero attached hydrogens (tertiary/aromatic N) is 1. The highest BCUT2D eigenvalue weighted by atomic mass is 16.6. The van der Waals surface area contributed by atoms with Crippen molar-refractivity contribution >= 4 is 0 Å². The molecule has 0 aliphatic carbocycles. The highest BCUT2D eigenvalue weighted by Crippen LogP contribution is 2.10. The van der Waals surface area contributed by atoms with Crippen molar-refractivity contribution in [3.63, 3.8) is 0 Å². The average Bonchev–Trinajstić information content (AvgIpc) is 2.76. The molecule has 2 aromatic rings. The van der Waals surface area contributed by atoms with Crippen LogP contribution in [0.15, 0.2) is 60.7 Å². The molecule has 0 bridgehead atoms. The largest absolute Gasteiger partial charge is 0.394 e. The maximum Gasteiger partial charge on any atom is 0.0997 e. The summed E-state index contributed by atoms with van der Waals surface area (Å²) >= 11 is 0. The second kappa shape index (κ2) is 16.0. The molecule has 0 fully saturated rings. The summed E-state index contributed by atoms with van der Waals surface area (Å²) in [7, 11) is 0. The molecule has 0 aliphatic heterocycles. The first-order chi connectivity index (χ1) is 14.4. The molecule has 0 amide bonds. The zero-order valence-corrected chi connectivity index (χ0v) is 17.1. The Bertz CT molecular complexity index is 570. The second-order valence-electron chi connectivity index (χ2n) is 6.56. The Morgan fingerprint density at radius 1 is 0.552 bits per heavy atom. The number of rotatable bonds is 17. The van der Waals surface area contributed by atoms with Crippen LogP contribution in [0, 0.1) is 0 Å². The van der Waals surface area contributed by atoms with Gasteiger partial charge in [0.2, 0.25) is 0 Å². The van der Waals surface area contributed by atoms with Crippen LogP contribution in [-0.4, -0.2) is 69.6 Å². The first kappa shape index (κ1) is 23.5. The minimum atomic E-state index is 0.0389. The van der Waals surface area contributed by atoms with E-state index in [0.717, 1.165) is 13.1 Å². The van der Waals surface area contributed by atoms with E-state index in [-0.39, 0.29) is 6.61 Å². The molecule has 2 rings (SSSR count).